The number of carbonyl (C=O) groups is 1. The van der Waals surface area contributed by atoms with Gasteiger partial charge in [0.25, 0.3) is 0 Å². The van der Waals surface area contributed by atoms with Crippen molar-refractivity contribution in [3.63, 3.8) is 0 Å². The van der Waals surface area contributed by atoms with Crippen molar-refractivity contribution in [2.75, 3.05) is 13.1 Å². The van der Waals surface area contributed by atoms with E-state index in [1.165, 1.54) is 4.57 Å². The van der Waals surface area contributed by atoms with Gasteiger partial charge in [-0.25, -0.2) is 4.79 Å². The minimum atomic E-state index is -0.218. The highest BCUT2D eigenvalue weighted by Crippen LogP contribution is 2.16. The third kappa shape index (κ3) is 2.35. The SMILES string of the molecule is CC1CCN(C(=O)Cn2c(=O)[nH]c3ccccc32)CC1. The second kappa shape index (κ2) is 5.15. The van der Waals surface area contributed by atoms with Gasteiger partial charge in [0.2, 0.25) is 5.91 Å². The number of hydrogen-bond donors (Lipinski definition) is 1. The smallest absolute Gasteiger partial charge is 0.326 e. The van der Waals surface area contributed by atoms with Crippen LogP contribution < -0.4 is 5.69 Å². The average Bonchev–Trinajstić information content (AvgIpc) is 2.76. The van der Waals surface area contributed by atoms with Crippen molar-refractivity contribution in [1.82, 2.24) is 14.5 Å². The monoisotopic (exact) mass is 273 g/mol. The fourth-order valence-electron chi connectivity index (χ4n) is 2.76. The molecule has 20 heavy (non-hydrogen) atoms. The number of piperidine rings is 1. The molecule has 2 heterocycles. The molecule has 0 spiro atoms. The van der Waals surface area contributed by atoms with E-state index in [0.29, 0.717) is 5.92 Å². The molecular weight excluding hydrogens is 254 g/mol. The van der Waals surface area contributed by atoms with Crippen molar-refractivity contribution in [3.05, 3.63) is 34.7 Å². The molecule has 0 bridgehead atoms. The molecule has 0 saturated carbocycles. The van der Waals surface area contributed by atoms with E-state index < -0.39 is 0 Å². The fourth-order valence-corrected chi connectivity index (χ4v) is 2.76. The lowest BCUT2D eigenvalue weighted by atomic mass is 9.99. The molecular formula is C15H19N3O2. The van der Waals surface area contributed by atoms with Crippen LogP contribution in [-0.4, -0.2) is 33.4 Å². The molecule has 1 N–H and O–H groups in total. The summed E-state index contributed by atoms with van der Waals surface area (Å²) in [6.07, 6.45) is 2.10. The zero-order chi connectivity index (χ0) is 14.1. The Balaban J connectivity index is 1.81. The van der Waals surface area contributed by atoms with E-state index in [2.05, 4.69) is 11.9 Å². The van der Waals surface area contributed by atoms with E-state index in [0.717, 1.165) is 37.0 Å². The highest BCUT2D eigenvalue weighted by atomic mass is 16.2. The maximum atomic E-state index is 12.3. The number of rotatable bonds is 2. The highest BCUT2D eigenvalue weighted by molar-refractivity contribution is 5.80. The number of benzene rings is 1. The van der Waals surface area contributed by atoms with Crippen LogP contribution in [0.2, 0.25) is 0 Å². The Hall–Kier alpha value is -2.04. The number of aromatic nitrogens is 2. The van der Waals surface area contributed by atoms with Crippen molar-refractivity contribution in [3.8, 4) is 0 Å². The molecule has 0 unspecified atom stereocenters. The van der Waals surface area contributed by atoms with Gasteiger partial charge in [-0.1, -0.05) is 19.1 Å². The standard InChI is InChI=1S/C15H19N3O2/c1-11-6-8-17(9-7-11)14(19)10-18-13-5-3-2-4-12(13)16-15(18)20/h2-5,11H,6-10H2,1H3,(H,16,20). The van der Waals surface area contributed by atoms with E-state index >= 15 is 0 Å². The molecule has 1 fully saturated rings. The molecule has 1 aromatic heterocycles. The molecule has 1 aliphatic rings. The van der Waals surface area contributed by atoms with Gasteiger partial charge in [-0.05, 0) is 30.9 Å². The van der Waals surface area contributed by atoms with E-state index in [1.54, 1.807) is 0 Å². The maximum absolute atomic E-state index is 12.3. The first kappa shape index (κ1) is 13.0. The van der Waals surface area contributed by atoms with E-state index in [4.69, 9.17) is 0 Å². The number of nitrogens with one attached hydrogen (secondary N) is 1. The number of hydrogen-bond acceptors (Lipinski definition) is 2. The van der Waals surface area contributed by atoms with Crippen molar-refractivity contribution in [2.45, 2.75) is 26.3 Å². The van der Waals surface area contributed by atoms with Gasteiger partial charge in [-0.3, -0.25) is 9.36 Å². The van der Waals surface area contributed by atoms with Gasteiger partial charge >= 0.3 is 5.69 Å². The molecule has 5 nitrogen and oxygen atoms in total. The van der Waals surface area contributed by atoms with Crippen molar-refractivity contribution in [2.24, 2.45) is 5.92 Å². The van der Waals surface area contributed by atoms with Crippen LogP contribution in [0.1, 0.15) is 19.8 Å². The lowest BCUT2D eigenvalue weighted by molar-refractivity contribution is -0.133. The zero-order valence-corrected chi connectivity index (χ0v) is 11.6. The van der Waals surface area contributed by atoms with Gasteiger partial charge in [-0.2, -0.15) is 0 Å². The van der Waals surface area contributed by atoms with Gasteiger partial charge in [0.1, 0.15) is 6.54 Å². The first-order valence-electron chi connectivity index (χ1n) is 7.10. The van der Waals surface area contributed by atoms with Crippen LogP contribution in [0, 0.1) is 5.92 Å². The third-order valence-corrected chi connectivity index (χ3v) is 4.11. The predicted molar refractivity (Wildman–Crippen MR) is 77.5 cm³/mol. The Bertz CT molecular complexity index is 678. The summed E-state index contributed by atoms with van der Waals surface area (Å²) < 4.78 is 1.52. The van der Waals surface area contributed by atoms with Gasteiger partial charge in [-0.15, -0.1) is 0 Å². The lowest BCUT2D eigenvalue weighted by Gasteiger charge is -2.30. The van der Waals surface area contributed by atoms with E-state index in [-0.39, 0.29) is 18.1 Å². The molecule has 0 aliphatic carbocycles. The van der Waals surface area contributed by atoms with Crippen LogP contribution in [0.3, 0.4) is 0 Å². The Labute approximate surface area is 117 Å². The van der Waals surface area contributed by atoms with Crippen LogP contribution in [0.4, 0.5) is 0 Å². The quantitative estimate of drug-likeness (QED) is 0.903. The largest absolute Gasteiger partial charge is 0.341 e. The molecule has 0 atom stereocenters. The van der Waals surface area contributed by atoms with Gasteiger partial charge in [0.15, 0.2) is 0 Å². The van der Waals surface area contributed by atoms with Crippen LogP contribution >= 0.6 is 0 Å². The number of fused-ring (bicyclic) bond motifs is 1. The van der Waals surface area contributed by atoms with Gasteiger partial charge in [0, 0.05) is 13.1 Å². The molecule has 106 valence electrons. The summed E-state index contributed by atoms with van der Waals surface area (Å²) in [6.45, 7) is 3.94. The number of H-pyrrole nitrogens is 1. The Morgan fingerprint density at radius 3 is 2.75 bits per heavy atom. The summed E-state index contributed by atoms with van der Waals surface area (Å²) in [6, 6.07) is 7.45. The number of amides is 1. The first-order valence-corrected chi connectivity index (χ1v) is 7.10. The minimum Gasteiger partial charge on any atom is -0.341 e. The molecule has 3 rings (SSSR count). The second-order valence-electron chi connectivity index (χ2n) is 5.60. The summed E-state index contributed by atoms with van der Waals surface area (Å²) in [5.41, 5.74) is 1.35. The van der Waals surface area contributed by atoms with Crippen LogP contribution in [0.25, 0.3) is 11.0 Å². The first-order chi connectivity index (χ1) is 9.65. The summed E-state index contributed by atoms with van der Waals surface area (Å²) in [7, 11) is 0. The summed E-state index contributed by atoms with van der Waals surface area (Å²) >= 11 is 0. The average molecular weight is 273 g/mol. The van der Waals surface area contributed by atoms with Gasteiger partial charge in [0.05, 0.1) is 11.0 Å². The van der Waals surface area contributed by atoms with Crippen LogP contribution in [0.5, 0.6) is 0 Å². The molecule has 1 amide bonds. The zero-order valence-electron chi connectivity index (χ0n) is 11.6. The highest BCUT2D eigenvalue weighted by Gasteiger charge is 2.21. The number of carbonyl (C=O) groups excluding carboxylic acids is 1. The van der Waals surface area contributed by atoms with Crippen molar-refractivity contribution < 1.29 is 4.79 Å². The number of likely N-dealkylation sites (tertiary alicyclic amines) is 1. The predicted octanol–water partition coefficient (Wildman–Crippen LogP) is 1.59. The number of imidazole rings is 1. The Kier molecular flexibility index (Phi) is 3.34. The fraction of sp³-hybridized carbons (Fsp3) is 0.467. The number of nitrogens with zero attached hydrogens (tertiary/aromatic N) is 2. The molecule has 5 heteroatoms. The molecule has 1 aliphatic heterocycles. The second-order valence-corrected chi connectivity index (χ2v) is 5.60. The molecule has 0 radical (unpaired) electrons. The van der Waals surface area contributed by atoms with Crippen molar-refractivity contribution in [1.29, 1.82) is 0 Å². The van der Waals surface area contributed by atoms with Crippen LogP contribution in [-0.2, 0) is 11.3 Å². The van der Waals surface area contributed by atoms with E-state index in [1.807, 2.05) is 29.2 Å². The minimum absolute atomic E-state index is 0.0313. The Morgan fingerprint density at radius 1 is 1.30 bits per heavy atom. The third-order valence-electron chi connectivity index (χ3n) is 4.11. The maximum Gasteiger partial charge on any atom is 0.326 e. The topological polar surface area (TPSA) is 58.1 Å². The van der Waals surface area contributed by atoms with Crippen LogP contribution in [0.15, 0.2) is 29.1 Å². The molecule has 1 saturated heterocycles. The Morgan fingerprint density at radius 2 is 2.00 bits per heavy atom. The normalized spacial score (nSPS) is 16.8. The summed E-state index contributed by atoms with van der Waals surface area (Å²) in [5.74, 6) is 0.721. The summed E-state index contributed by atoms with van der Waals surface area (Å²) in [4.78, 5) is 28.9. The number of para-hydroxylation sites is 2. The molecule has 2 aromatic rings. The molecule has 1 aromatic carbocycles. The number of aromatic amines is 1. The van der Waals surface area contributed by atoms with Crippen molar-refractivity contribution >= 4 is 16.9 Å². The van der Waals surface area contributed by atoms with E-state index in [9.17, 15) is 9.59 Å². The lowest BCUT2D eigenvalue weighted by Crippen LogP contribution is -2.40. The summed E-state index contributed by atoms with van der Waals surface area (Å²) in [5, 5.41) is 0. The van der Waals surface area contributed by atoms with Gasteiger partial charge < -0.3 is 9.88 Å².